The molecule has 2 heterocycles. The summed E-state index contributed by atoms with van der Waals surface area (Å²) in [5.74, 6) is 0. The molecule has 0 aliphatic rings. The van der Waals surface area contributed by atoms with Crippen molar-refractivity contribution in [3.8, 4) is 0 Å². The predicted octanol–water partition coefficient (Wildman–Crippen LogP) is -2.21. The maximum absolute atomic E-state index is 10.9. The second-order valence-corrected chi connectivity index (χ2v) is 4.91. The zero-order valence-corrected chi connectivity index (χ0v) is 11.1. The molecule has 2 aromatic rings. The molecule has 15 heteroatoms. The number of imidazole rings is 1. The summed E-state index contributed by atoms with van der Waals surface area (Å²) in [5.41, 5.74) is 0.675. The van der Waals surface area contributed by atoms with Crippen LogP contribution < -0.4 is 5.56 Å². The highest BCUT2D eigenvalue weighted by atomic mass is 31.2. The van der Waals surface area contributed by atoms with E-state index >= 15 is 0 Å². The number of aromatic nitrogens is 4. The van der Waals surface area contributed by atoms with Crippen LogP contribution in [0.4, 0.5) is 0 Å². The van der Waals surface area contributed by atoms with Gasteiger partial charge in [-0.2, -0.15) is 0 Å². The number of aromatic amines is 2. The van der Waals surface area contributed by atoms with Crippen LogP contribution in [-0.2, 0) is 9.13 Å². The van der Waals surface area contributed by atoms with Crippen molar-refractivity contribution in [1.29, 1.82) is 0 Å². The van der Waals surface area contributed by atoms with E-state index in [2.05, 4.69) is 19.9 Å². The van der Waals surface area contributed by atoms with Gasteiger partial charge in [0.2, 0.25) is 0 Å². The van der Waals surface area contributed by atoms with Gasteiger partial charge in [-0.25, -0.2) is 19.1 Å². The molecule has 0 unspecified atom stereocenters. The molecule has 0 aromatic carbocycles. The van der Waals surface area contributed by atoms with Crippen LogP contribution in [0.15, 0.2) is 17.4 Å². The molecule has 2 rings (SSSR count). The van der Waals surface area contributed by atoms with E-state index in [-0.39, 0.29) is 5.56 Å². The highest BCUT2D eigenvalue weighted by Crippen LogP contribution is 2.26. The SMILES string of the molecule is O=P(O)(O)O.O=P(O)(O)O.O=c1[nH]cnc2nc[nH]c12. The van der Waals surface area contributed by atoms with Gasteiger partial charge in [0.05, 0.1) is 12.7 Å². The van der Waals surface area contributed by atoms with Crippen LogP contribution in [0.1, 0.15) is 0 Å². The quantitative estimate of drug-likeness (QED) is 0.241. The van der Waals surface area contributed by atoms with Gasteiger partial charge in [-0.15, -0.1) is 0 Å². The first-order valence-electron chi connectivity index (χ1n) is 4.31. The fourth-order valence-electron chi connectivity index (χ4n) is 0.776. The van der Waals surface area contributed by atoms with Gasteiger partial charge in [0, 0.05) is 0 Å². The second-order valence-electron chi connectivity index (χ2n) is 2.86. The molecular formula is C5H10N4O9P2. The Hall–Kier alpha value is -1.43. The van der Waals surface area contributed by atoms with Crippen LogP contribution in [-0.4, -0.2) is 49.3 Å². The van der Waals surface area contributed by atoms with Crippen molar-refractivity contribution in [2.75, 3.05) is 0 Å². The van der Waals surface area contributed by atoms with Gasteiger partial charge in [0.15, 0.2) is 11.2 Å². The average molecular weight is 332 g/mol. The Morgan fingerprint density at radius 2 is 1.20 bits per heavy atom. The zero-order chi connectivity index (χ0) is 16.0. The summed E-state index contributed by atoms with van der Waals surface area (Å²) in [6, 6.07) is 0. The van der Waals surface area contributed by atoms with E-state index in [1.54, 1.807) is 0 Å². The van der Waals surface area contributed by atoms with Crippen molar-refractivity contribution < 1.29 is 38.5 Å². The van der Waals surface area contributed by atoms with Crippen molar-refractivity contribution in [2.24, 2.45) is 0 Å². The van der Waals surface area contributed by atoms with E-state index in [9.17, 15) is 4.79 Å². The first-order chi connectivity index (χ1) is 8.88. The van der Waals surface area contributed by atoms with Gasteiger partial charge < -0.3 is 39.3 Å². The van der Waals surface area contributed by atoms with Crippen molar-refractivity contribution in [1.82, 2.24) is 19.9 Å². The molecule has 0 spiro atoms. The molecule has 0 aliphatic carbocycles. The Kier molecular flexibility index (Phi) is 6.85. The topological polar surface area (TPSA) is 230 Å². The molecule has 0 bridgehead atoms. The molecule has 0 amide bonds. The third-order valence-electron chi connectivity index (χ3n) is 1.23. The van der Waals surface area contributed by atoms with Gasteiger partial charge in [-0.3, -0.25) is 4.79 Å². The van der Waals surface area contributed by atoms with Gasteiger partial charge in [-0.1, -0.05) is 0 Å². The van der Waals surface area contributed by atoms with Gasteiger partial charge in [0.25, 0.3) is 5.56 Å². The van der Waals surface area contributed by atoms with E-state index in [1.807, 2.05) is 0 Å². The molecule has 20 heavy (non-hydrogen) atoms. The first-order valence-corrected chi connectivity index (χ1v) is 7.44. The van der Waals surface area contributed by atoms with E-state index in [0.717, 1.165) is 0 Å². The third kappa shape index (κ3) is 11.6. The smallest absolute Gasteiger partial charge is 0.339 e. The van der Waals surface area contributed by atoms with E-state index in [1.165, 1.54) is 12.7 Å². The number of fused-ring (bicyclic) bond motifs is 1. The van der Waals surface area contributed by atoms with E-state index < -0.39 is 15.6 Å². The van der Waals surface area contributed by atoms with Crippen LogP contribution in [0, 0.1) is 0 Å². The fraction of sp³-hybridized carbons (Fsp3) is 0. The predicted molar refractivity (Wildman–Crippen MR) is 63.0 cm³/mol. The summed E-state index contributed by atoms with van der Waals surface area (Å²) in [6.07, 6.45) is 2.76. The number of hydrogen-bond acceptors (Lipinski definition) is 5. The molecule has 8 N–H and O–H groups in total. The standard InChI is InChI=1S/C5H4N4O.2H3O4P/c10-5-3-4(7-1-6-3)8-2-9-5;2*1-5(2,3)4/h1-2H,(H2,6,7,8,9,10);2*(H3,1,2,3,4). The van der Waals surface area contributed by atoms with Crippen molar-refractivity contribution in [3.05, 3.63) is 23.0 Å². The van der Waals surface area contributed by atoms with Gasteiger partial charge in [0.1, 0.15) is 0 Å². The van der Waals surface area contributed by atoms with Crippen LogP contribution in [0.2, 0.25) is 0 Å². The van der Waals surface area contributed by atoms with Crippen LogP contribution >= 0.6 is 15.6 Å². The molecule has 0 atom stereocenters. The van der Waals surface area contributed by atoms with Gasteiger partial charge >= 0.3 is 15.6 Å². The summed E-state index contributed by atoms with van der Waals surface area (Å²) in [4.78, 5) is 66.7. The van der Waals surface area contributed by atoms with Crippen molar-refractivity contribution in [3.63, 3.8) is 0 Å². The van der Waals surface area contributed by atoms with Crippen LogP contribution in [0.25, 0.3) is 11.2 Å². The average Bonchev–Trinajstić information content (AvgIpc) is 2.61. The lowest BCUT2D eigenvalue weighted by atomic mass is 10.6. The minimum atomic E-state index is -4.64. The van der Waals surface area contributed by atoms with Gasteiger partial charge in [-0.05, 0) is 0 Å². The molecule has 2 aromatic heterocycles. The number of rotatable bonds is 0. The van der Waals surface area contributed by atoms with Crippen LogP contribution in [0.3, 0.4) is 0 Å². The van der Waals surface area contributed by atoms with E-state index in [4.69, 9.17) is 38.5 Å². The van der Waals surface area contributed by atoms with Crippen molar-refractivity contribution in [2.45, 2.75) is 0 Å². The van der Waals surface area contributed by atoms with Crippen molar-refractivity contribution >= 4 is 26.8 Å². The summed E-state index contributed by atoms with van der Waals surface area (Å²) < 4.78 is 17.8. The summed E-state index contributed by atoms with van der Waals surface area (Å²) in [6.45, 7) is 0. The molecule has 0 radical (unpaired) electrons. The number of H-pyrrole nitrogens is 2. The first kappa shape index (κ1) is 18.6. The molecular weight excluding hydrogens is 322 g/mol. The second kappa shape index (κ2) is 7.38. The molecule has 0 saturated heterocycles. The summed E-state index contributed by atoms with van der Waals surface area (Å²) in [7, 11) is -9.28. The number of phosphoric acid groups is 2. The lowest BCUT2D eigenvalue weighted by molar-refractivity contribution is 0.272. The normalized spacial score (nSPS) is 11.1. The lowest BCUT2D eigenvalue weighted by Crippen LogP contribution is -2.05. The van der Waals surface area contributed by atoms with Crippen LogP contribution in [0.5, 0.6) is 0 Å². The Morgan fingerprint density at radius 1 is 0.850 bits per heavy atom. The number of nitrogens with one attached hydrogen (secondary N) is 2. The Labute approximate surface area is 109 Å². The minimum absolute atomic E-state index is 0.192. The monoisotopic (exact) mass is 332 g/mol. The Balaban J connectivity index is 0.000000310. The Bertz CT molecular complexity index is 646. The molecule has 13 nitrogen and oxygen atoms in total. The molecule has 0 saturated carbocycles. The zero-order valence-electron chi connectivity index (χ0n) is 9.35. The highest BCUT2D eigenvalue weighted by molar-refractivity contribution is 7.45. The highest BCUT2D eigenvalue weighted by Gasteiger charge is 2.00. The fourth-order valence-corrected chi connectivity index (χ4v) is 0.776. The van der Waals surface area contributed by atoms with E-state index in [0.29, 0.717) is 11.2 Å². The Morgan fingerprint density at radius 3 is 1.55 bits per heavy atom. The molecule has 0 aliphatic heterocycles. The lowest BCUT2D eigenvalue weighted by Gasteiger charge is -1.82. The molecule has 114 valence electrons. The number of hydrogen-bond donors (Lipinski definition) is 8. The minimum Gasteiger partial charge on any atom is -0.339 e. The summed E-state index contributed by atoms with van der Waals surface area (Å²) >= 11 is 0. The number of nitrogens with zero attached hydrogens (tertiary/aromatic N) is 2. The third-order valence-corrected chi connectivity index (χ3v) is 1.23. The summed E-state index contributed by atoms with van der Waals surface area (Å²) in [5, 5.41) is 0. The largest absolute Gasteiger partial charge is 0.466 e. The molecule has 0 fully saturated rings. The maximum Gasteiger partial charge on any atom is 0.466 e. The maximum atomic E-state index is 10.9.